The number of aliphatic hydroxyl groups excluding tert-OH is 1. The van der Waals surface area contributed by atoms with E-state index in [1.807, 2.05) is 6.92 Å². The number of carboxylic acids is 1. The first kappa shape index (κ1) is 15.8. The SMILES string of the molecule is CCCN(CCO)C(=O)c1ccncc1C=CC(=O)O. The van der Waals surface area contributed by atoms with Crippen LogP contribution in [-0.2, 0) is 4.79 Å². The van der Waals surface area contributed by atoms with Gasteiger partial charge >= 0.3 is 5.97 Å². The van der Waals surface area contributed by atoms with Gasteiger partial charge < -0.3 is 15.1 Å². The van der Waals surface area contributed by atoms with Gasteiger partial charge in [0.1, 0.15) is 0 Å². The Kier molecular flexibility index (Phi) is 6.39. The molecule has 0 saturated heterocycles. The summed E-state index contributed by atoms with van der Waals surface area (Å²) in [6, 6.07) is 1.55. The molecule has 0 radical (unpaired) electrons. The Balaban J connectivity index is 3.04. The molecule has 0 bridgehead atoms. The molecular weight excluding hydrogens is 260 g/mol. The number of carbonyl (C=O) groups excluding carboxylic acids is 1. The fraction of sp³-hybridized carbons (Fsp3) is 0.357. The van der Waals surface area contributed by atoms with Gasteiger partial charge in [0.05, 0.1) is 6.61 Å². The van der Waals surface area contributed by atoms with E-state index in [1.54, 1.807) is 6.07 Å². The van der Waals surface area contributed by atoms with Gasteiger partial charge in [-0.05, 0) is 18.6 Å². The lowest BCUT2D eigenvalue weighted by Crippen LogP contribution is -2.34. The third-order valence-electron chi connectivity index (χ3n) is 2.64. The topological polar surface area (TPSA) is 90.7 Å². The van der Waals surface area contributed by atoms with Crippen LogP contribution in [0.4, 0.5) is 0 Å². The molecule has 1 amide bonds. The molecule has 2 N–H and O–H groups in total. The lowest BCUT2D eigenvalue weighted by Gasteiger charge is -2.21. The molecule has 0 atom stereocenters. The normalized spacial score (nSPS) is 10.7. The Hall–Kier alpha value is -2.21. The van der Waals surface area contributed by atoms with Gasteiger partial charge in [0.2, 0.25) is 0 Å². The predicted octanol–water partition coefficient (Wildman–Crippen LogP) is 1.02. The van der Waals surface area contributed by atoms with Crippen molar-refractivity contribution in [1.82, 2.24) is 9.88 Å². The summed E-state index contributed by atoms with van der Waals surface area (Å²) in [6.45, 7) is 2.60. The van der Waals surface area contributed by atoms with Crippen LogP contribution in [-0.4, -0.2) is 51.7 Å². The van der Waals surface area contributed by atoms with Crippen molar-refractivity contribution in [2.75, 3.05) is 19.7 Å². The van der Waals surface area contributed by atoms with Crippen LogP contribution in [0.1, 0.15) is 29.3 Å². The summed E-state index contributed by atoms with van der Waals surface area (Å²) in [5, 5.41) is 17.7. The van der Waals surface area contributed by atoms with E-state index < -0.39 is 5.97 Å². The van der Waals surface area contributed by atoms with Crippen molar-refractivity contribution in [3.63, 3.8) is 0 Å². The highest BCUT2D eigenvalue weighted by Crippen LogP contribution is 2.12. The second kappa shape index (κ2) is 8.06. The maximum Gasteiger partial charge on any atom is 0.328 e. The molecule has 0 aliphatic carbocycles. The molecule has 6 heteroatoms. The fourth-order valence-corrected chi connectivity index (χ4v) is 1.77. The van der Waals surface area contributed by atoms with E-state index in [9.17, 15) is 9.59 Å². The zero-order valence-electron chi connectivity index (χ0n) is 11.3. The number of hydrogen-bond donors (Lipinski definition) is 2. The van der Waals surface area contributed by atoms with Crippen molar-refractivity contribution >= 4 is 18.0 Å². The maximum atomic E-state index is 12.4. The molecule has 0 aliphatic rings. The Morgan fingerprint density at radius 2 is 2.15 bits per heavy atom. The average Bonchev–Trinajstić information content (AvgIpc) is 2.44. The van der Waals surface area contributed by atoms with Crippen LogP contribution < -0.4 is 0 Å². The first-order valence-electron chi connectivity index (χ1n) is 6.35. The Morgan fingerprint density at radius 1 is 1.40 bits per heavy atom. The molecule has 6 nitrogen and oxygen atoms in total. The Labute approximate surface area is 117 Å². The smallest absolute Gasteiger partial charge is 0.328 e. The number of aromatic nitrogens is 1. The second-order valence-electron chi connectivity index (χ2n) is 4.15. The highest BCUT2D eigenvalue weighted by atomic mass is 16.4. The minimum Gasteiger partial charge on any atom is -0.478 e. The number of pyridine rings is 1. The number of hydrogen-bond acceptors (Lipinski definition) is 4. The Morgan fingerprint density at radius 3 is 2.75 bits per heavy atom. The van der Waals surface area contributed by atoms with E-state index >= 15 is 0 Å². The third-order valence-corrected chi connectivity index (χ3v) is 2.64. The molecule has 0 aromatic carbocycles. The summed E-state index contributed by atoms with van der Waals surface area (Å²) < 4.78 is 0. The molecule has 1 heterocycles. The lowest BCUT2D eigenvalue weighted by molar-refractivity contribution is -0.131. The van der Waals surface area contributed by atoms with Crippen LogP contribution >= 0.6 is 0 Å². The zero-order valence-corrected chi connectivity index (χ0v) is 11.3. The lowest BCUT2D eigenvalue weighted by atomic mass is 10.1. The van der Waals surface area contributed by atoms with E-state index in [-0.39, 0.29) is 19.1 Å². The van der Waals surface area contributed by atoms with Crippen molar-refractivity contribution in [2.45, 2.75) is 13.3 Å². The quantitative estimate of drug-likeness (QED) is 0.727. The number of nitrogens with zero attached hydrogens (tertiary/aromatic N) is 2. The molecule has 0 aliphatic heterocycles. The van der Waals surface area contributed by atoms with Crippen LogP contribution in [0.5, 0.6) is 0 Å². The minimum atomic E-state index is -1.09. The van der Waals surface area contributed by atoms with Crippen molar-refractivity contribution in [2.24, 2.45) is 0 Å². The summed E-state index contributed by atoms with van der Waals surface area (Å²) in [7, 11) is 0. The highest BCUT2D eigenvalue weighted by Gasteiger charge is 2.17. The Bertz CT molecular complexity index is 494. The van der Waals surface area contributed by atoms with Gasteiger partial charge in [-0.1, -0.05) is 6.92 Å². The predicted molar refractivity (Wildman–Crippen MR) is 74.2 cm³/mol. The van der Waals surface area contributed by atoms with Gasteiger partial charge in [-0.3, -0.25) is 9.78 Å². The third kappa shape index (κ3) is 4.47. The fourth-order valence-electron chi connectivity index (χ4n) is 1.77. The van der Waals surface area contributed by atoms with Crippen LogP contribution in [0.15, 0.2) is 24.5 Å². The maximum absolute atomic E-state index is 12.4. The van der Waals surface area contributed by atoms with E-state index in [2.05, 4.69) is 4.98 Å². The standard InChI is InChI=1S/C14H18N2O4/c1-2-7-16(8-9-17)14(20)12-5-6-15-10-11(12)3-4-13(18)19/h3-6,10,17H,2,7-9H2,1H3,(H,18,19). The minimum absolute atomic E-state index is 0.114. The summed E-state index contributed by atoms with van der Waals surface area (Å²) >= 11 is 0. The van der Waals surface area contributed by atoms with Crippen molar-refractivity contribution in [3.8, 4) is 0 Å². The molecule has 0 spiro atoms. The van der Waals surface area contributed by atoms with E-state index in [0.717, 1.165) is 12.5 Å². The highest BCUT2D eigenvalue weighted by molar-refractivity contribution is 5.98. The molecule has 0 fully saturated rings. The van der Waals surface area contributed by atoms with Crippen LogP contribution in [0, 0.1) is 0 Å². The molecular formula is C14H18N2O4. The average molecular weight is 278 g/mol. The van der Waals surface area contributed by atoms with Gasteiger partial charge in [0, 0.05) is 42.7 Å². The van der Waals surface area contributed by atoms with Gasteiger partial charge in [-0.15, -0.1) is 0 Å². The zero-order chi connectivity index (χ0) is 15.0. The number of carbonyl (C=O) groups is 2. The summed E-state index contributed by atoms with van der Waals surface area (Å²) in [4.78, 5) is 28.4. The van der Waals surface area contributed by atoms with Gasteiger partial charge in [-0.25, -0.2) is 4.79 Å². The van der Waals surface area contributed by atoms with E-state index in [1.165, 1.54) is 23.4 Å². The number of amides is 1. The number of aliphatic carboxylic acids is 1. The van der Waals surface area contributed by atoms with Crippen molar-refractivity contribution in [3.05, 3.63) is 35.7 Å². The van der Waals surface area contributed by atoms with Crippen LogP contribution in [0.2, 0.25) is 0 Å². The first-order chi connectivity index (χ1) is 9.60. The van der Waals surface area contributed by atoms with Gasteiger partial charge in [-0.2, -0.15) is 0 Å². The number of rotatable bonds is 7. The van der Waals surface area contributed by atoms with Crippen molar-refractivity contribution in [1.29, 1.82) is 0 Å². The van der Waals surface area contributed by atoms with Crippen molar-refractivity contribution < 1.29 is 19.8 Å². The van der Waals surface area contributed by atoms with Gasteiger partial charge in [0.15, 0.2) is 0 Å². The molecule has 1 aromatic heterocycles. The summed E-state index contributed by atoms with van der Waals surface area (Å²) in [5.74, 6) is -1.33. The monoisotopic (exact) mass is 278 g/mol. The van der Waals surface area contributed by atoms with Crippen LogP contribution in [0.25, 0.3) is 6.08 Å². The van der Waals surface area contributed by atoms with Gasteiger partial charge in [0.25, 0.3) is 5.91 Å². The first-order valence-corrected chi connectivity index (χ1v) is 6.35. The number of carboxylic acid groups (broad SMARTS) is 1. The van der Waals surface area contributed by atoms with E-state index in [4.69, 9.17) is 10.2 Å². The second-order valence-corrected chi connectivity index (χ2v) is 4.15. The number of aliphatic hydroxyl groups is 1. The largest absolute Gasteiger partial charge is 0.478 e. The molecule has 20 heavy (non-hydrogen) atoms. The molecule has 0 saturated carbocycles. The molecule has 108 valence electrons. The molecule has 1 aromatic rings. The van der Waals surface area contributed by atoms with Crippen LogP contribution in [0.3, 0.4) is 0 Å². The molecule has 1 rings (SSSR count). The molecule has 0 unspecified atom stereocenters. The summed E-state index contributed by atoms with van der Waals surface area (Å²) in [5.41, 5.74) is 0.818. The van der Waals surface area contributed by atoms with E-state index in [0.29, 0.717) is 17.7 Å². The summed E-state index contributed by atoms with van der Waals surface area (Å²) in [6.07, 6.45) is 6.00.